The summed E-state index contributed by atoms with van der Waals surface area (Å²) in [5.41, 5.74) is -0.303. The molecule has 13 nitrogen and oxygen atoms in total. The molecule has 0 aliphatic carbocycles. The Kier molecular flexibility index (Phi) is 8.45. The number of hydrogen-bond donors (Lipinski definition) is 3. The Bertz CT molecular complexity index is 2070. The van der Waals surface area contributed by atoms with Gasteiger partial charge in [-0.25, -0.2) is 16.8 Å². The molecule has 4 aromatic rings. The van der Waals surface area contributed by atoms with Gasteiger partial charge >= 0.3 is 0 Å². The summed E-state index contributed by atoms with van der Waals surface area (Å²) in [6.45, 7) is 0.379. The van der Waals surface area contributed by atoms with Gasteiger partial charge < -0.3 is 9.84 Å². The quantitative estimate of drug-likeness (QED) is 0.177. The highest BCUT2D eigenvalue weighted by Crippen LogP contribution is 2.44. The minimum atomic E-state index is -4.71. The molecular formula is C26H23ClN4O9S3. The van der Waals surface area contributed by atoms with E-state index in [4.69, 9.17) is 16.3 Å². The third-order valence-electron chi connectivity index (χ3n) is 6.43. The molecule has 5 rings (SSSR count). The Morgan fingerprint density at radius 2 is 1.53 bits per heavy atom. The van der Waals surface area contributed by atoms with Gasteiger partial charge in [0.25, 0.3) is 20.1 Å². The zero-order valence-corrected chi connectivity index (χ0v) is 25.2. The molecule has 1 saturated heterocycles. The molecule has 3 N–H and O–H groups in total. The summed E-state index contributed by atoms with van der Waals surface area (Å²) in [6.07, 6.45) is 0. The minimum Gasteiger partial charge on any atom is -0.506 e. The molecule has 0 aromatic heterocycles. The lowest BCUT2D eigenvalue weighted by atomic mass is 10.1. The summed E-state index contributed by atoms with van der Waals surface area (Å²) in [7, 11) is -13.1. The Morgan fingerprint density at radius 1 is 0.837 bits per heavy atom. The number of azo groups is 1. The SMILES string of the molecule is O=S(=O)(O)c1cc(N=Nc2cc(S(=O)(=O)N3CCOCC3)c(O)c3cccc(NS(=O)(=O)c4ccccc4)c23)ccc1Cl. The third-order valence-corrected chi connectivity index (χ3v) is 11.1. The normalized spacial score (nSPS) is 15.2. The Labute approximate surface area is 252 Å². The summed E-state index contributed by atoms with van der Waals surface area (Å²) in [5, 5.41) is 19.1. The lowest BCUT2D eigenvalue weighted by Gasteiger charge is -2.26. The van der Waals surface area contributed by atoms with Gasteiger partial charge in [-0.05, 0) is 42.5 Å². The number of aromatic hydroxyl groups is 1. The first-order chi connectivity index (χ1) is 20.3. The molecule has 1 heterocycles. The molecule has 4 aromatic carbocycles. The van der Waals surface area contributed by atoms with Crippen LogP contribution < -0.4 is 4.72 Å². The van der Waals surface area contributed by atoms with Crippen molar-refractivity contribution in [2.45, 2.75) is 14.7 Å². The van der Waals surface area contributed by atoms with Crippen LogP contribution >= 0.6 is 11.6 Å². The highest BCUT2D eigenvalue weighted by molar-refractivity contribution is 7.92. The fourth-order valence-electron chi connectivity index (χ4n) is 4.38. The molecule has 0 amide bonds. The van der Waals surface area contributed by atoms with Crippen molar-refractivity contribution in [3.8, 4) is 5.75 Å². The van der Waals surface area contributed by atoms with Crippen LogP contribution in [0.5, 0.6) is 5.75 Å². The monoisotopic (exact) mass is 666 g/mol. The van der Waals surface area contributed by atoms with Crippen LogP contribution in [-0.2, 0) is 34.9 Å². The topological polar surface area (TPSA) is 192 Å². The van der Waals surface area contributed by atoms with Crippen LogP contribution in [0.3, 0.4) is 0 Å². The average molecular weight is 667 g/mol. The van der Waals surface area contributed by atoms with Gasteiger partial charge in [0.1, 0.15) is 15.5 Å². The summed E-state index contributed by atoms with van der Waals surface area (Å²) >= 11 is 5.89. The van der Waals surface area contributed by atoms with E-state index in [1.165, 1.54) is 42.5 Å². The maximum atomic E-state index is 13.6. The number of phenols is 1. The van der Waals surface area contributed by atoms with Crippen molar-refractivity contribution in [3.63, 3.8) is 0 Å². The number of benzene rings is 4. The molecule has 1 aliphatic rings. The second-order valence-corrected chi connectivity index (χ2v) is 14.6. The van der Waals surface area contributed by atoms with E-state index in [1.807, 2.05) is 0 Å². The standard InChI is InChI=1S/C26H23ClN4O9S3/c27-20-10-9-17(15-23(20)43(37,38)39)28-29-22-16-24(42(35,36)31-11-13-40-14-12-31)26(32)19-7-4-8-21(25(19)22)30-41(33,34)18-5-2-1-3-6-18/h1-10,15-16,30,32H,11-14H2,(H,37,38,39). The Morgan fingerprint density at radius 3 is 2.21 bits per heavy atom. The molecule has 0 saturated carbocycles. The summed E-state index contributed by atoms with van der Waals surface area (Å²) in [4.78, 5) is -1.19. The van der Waals surface area contributed by atoms with Gasteiger partial charge in [0.05, 0.1) is 40.2 Å². The van der Waals surface area contributed by atoms with Crippen LogP contribution in [0.15, 0.2) is 97.7 Å². The predicted octanol–water partition coefficient (Wildman–Crippen LogP) is 4.68. The second-order valence-electron chi connectivity index (χ2n) is 9.20. The maximum Gasteiger partial charge on any atom is 0.296 e. The Hall–Kier alpha value is -3.64. The number of phenolic OH excluding ortho intramolecular Hbond substituents is 1. The van der Waals surface area contributed by atoms with Crippen LogP contribution in [0.2, 0.25) is 5.02 Å². The van der Waals surface area contributed by atoms with Gasteiger partial charge in [-0.2, -0.15) is 17.8 Å². The van der Waals surface area contributed by atoms with Crippen LogP contribution in [0.1, 0.15) is 0 Å². The highest BCUT2D eigenvalue weighted by atomic mass is 35.5. The highest BCUT2D eigenvalue weighted by Gasteiger charge is 2.31. The van der Waals surface area contributed by atoms with Crippen molar-refractivity contribution < 1.29 is 39.6 Å². The van der Waals surface area contributed by atoms with E-state index >= 15 is 0 Å². The molecule has 43 heavy (non-hydrogen) atoms. The van der Waals surface area contributed by atoms with Crippen LogP contribution in [-0.4, -0.2) is 65.5 Å². The third kappa shape index (κ3) is 6.35. The van der Waals surface area contributed by atoms with Gasteiger partial charge in [0.2, 0.25) is 10.0 Å². The minimum absolute atomic E-state index is 0.00755. The van der Waals surface area contributed by atoms with E-state index in [0.29, 0.717) is 0 Å². The number of sulfonamides is 2. The van der Waals surface area contributed by atoms with Gasteiger partial charge in [0, 0.05) is 23.9 Å². The number of morpholine rings is 1. The van der Waals surface area contributed by atoms with E-state index in [-0.39, 0.29) is 64.1 Å². The van der Waals surface area contributed by atoms with Gasteiger partial charge in [-0.15, -0.1) is 5.11 Å². The number of halogens is 1. The summed E-state index contributed by atoms with van der Waals surface area (Å²) in [5.74, 6) is -0.638. The van der Waals surface area contributed by atoms with E-state index in [2.05, 4.69) is 15.0 Å². The van der Waals surface area contributed by atoms with Crippen LogP contribution in [0, 0.1) is 0 Å². The zero-order valence-electron chi connectivity index (χ0n) is 22.0. The fraction of sp³-hybridized carbons (Fsp3) is 0.154. The van der Waals surface area contributed by atoms with Gasteiger partial charge in [0.15, 0.2) is 0 Å². The van der Waals surface area contributed by atoms with Crippen LogP contribution in [0.25, 0.3) is 10.8 Å². The van der Waals surface area contributed by atoms with E-state index < -0.39 is 45.7 Å². The Balaban J connectivity index is 1.72. The summed E-state index contributed by atoms with van der Waals surface area (Å²) in [6, 6.07) is 16.2. The van der Waals surface area contributed by atoms with Crippen LogP contribution in [0.4, 0.5) is 17.1 Å². The first-order valence-electron chi connectivity index (χ1n) is 12.4. The van der Waals surface area contributed by atoms with E-state index in [0.717, 1.165) is 16.4 Å². The van der Waals surface area contributed by atoms with Gasteiger partial charge in [-0.3, -0.25) is 9.27 Å². The number of ether oxygens (including phenoxy) is 1. The van der Waals surface area contributed by atoms with Crippen molar-refractivity contribution in [1.82, 2.24) is 4.31 Å². The van der Waals surface area contributed by atoms with Gasteiger partial charge in [-0.1, -0.05) is 41.9 Å². The molecule has 0 bridgehead atoms. The number of anilines is 1. The largest absolute Gasteiger partial charge is 0.506 e. The molecule has 226 valence electrons. The predicted molar refractivity (Wildman–Crippen MR) is 158 cm³/mol. The molecule has 0 unspecified atom stereocenters. The number of hydrogen-bond acceptors (Lipinski definition) is 10. The molecule has 0 radical (unpaired) electrons. The average Bonchev–Trinajstić information content (AvgIpc) is 2.98. The molecular weight excluding hydrogens is 644 g/mol. The second kappa shape index (κ2) is 11.8. The molecule has 1 aliphatic heterocycles. The van der Waals surface area contributed by atoms with E-state index in [9.17, 15) is 34.9 Å². The molecule has 1 fully saturated rings. The molecule has 17 heteroatoms. The maximum absolute atomic E-state index is 13.6. The number of nitrogens with one attached hydrogen (secondary N) is 1. The first kappa shape index (κ1) is 30.8. The number of rotatable bonds is 8. The first-order valence-corrected chi connectivity index (χ1v) is 17.2. The lowest BCUT2D eigenvalue weighted by molar-refractivity contribution is 0.0730. The number of fused-ring (bicyclic) bond motifs is 1. The van der Waals surface area contributed by atoms with Crippen molar-refractivity contribution in [2.75, 3.05) is 31.0 Å². The van der Waals surface area contributed by atoms with Crippen molar-refractivity contribution in [3.05, 3.63) is 77.8 Å². The molecule has 0 spiro atoms. The molecule has 0 atom stereocenters. The number of nitrogens with zero attached hydrogens (tertiary/aromatic N) is 3. The van der Waals surface area contributed by atoms with Crippen molar-refractivity contribution in [2.24, 2.45) is 10.2 Å². The summed E-state index contributed by atoms with van der Waals surface area (Å²) < 4.78 is 95.3. The zero-order chi connectivity index (χ0) is 31.0. The fourth-order valence-corrected chi connectivity index (χ4v) is 7.99. The lowest BCUT2D eigenvalue weighted by Crippen LogP contribution is -2.40. The smallest absolute Gasteiger partial charge is 0.296 e. The van der Waals surface area contributed by atoms with Crippen molar-refractivity contribution >= 4 is 69.6 Å². The van der Waals surface area contributed by atoms with Crippen molar-refractivity contribution in [1.29, 1.82) is 0 Å². The van der Waals surface area contributed by atoms with E-state index in [1.54, 1.807) is 18.2 Å².